The van der Waals surface area contributed by atoms with Crippen molar-refractivity contribution in [3.63, 3.8) is 0 Å². The molecule has 0 unspecified atom stereocenters. The number of hydrogen-bond acceptors (Lipinski definition) is 10. The lowest BCUT2D eigenvalue weighted by molar-refractivity contribution is -0.147. The highest BCUT2D eigenvalue weighted by atomic mass is 32.2. The summed E-state index contributed by atoms with van der Waals surface area (Å²) in [5.41, 5.74) is 17.2. The second-order valence-electron chi connectivity index (χ2n) is 11.8. The van der Waals surface area contributed by atoms with E-state index in [0.29, 0.717) is 24.2 Å². The van der Waals surface area contributed by atoms with E-state index in [2.05, 4.69) is 31.6 Å². The Morgan fingerprint density at radius 2 is 1.47 bits per heavy atom. The van der Waals surface area contributed by atoms with Crippen molar-refractivity contribution in [2.75, 3.05) is 25.1 Å². The molecule has 0 saturated heterocycles. The van der Waals surface area contributed by atoms with Crippen LogP contribution in [0.25, 0.3) is 0 Å². The van der Waals surface area contributed by atoms with Gasteiger partial charge in [0.15, 0.2) is 5.96 Å². The molecule has 0 radical (unpaired) electrons. The maximum absolute atomic E-state index is 13.6. The zero-order valence-electron chi connectivity index (χ0n) is 29.1. The average Bonchev–Trinajstić information content (AvgIpc) is 3.08. The lowest BCUT2D eigenvalue weighted by atomic mass is 9.97. The van der Waals surface area contributed by atoms with Crippen LogP contribution >= 0.6 is 11.8 Å². The number of aliphatic carboxylic acids is 2. The van der Waals surface area contributed by atoms with Crippen molar-refractivity contribution in [3.05, 3.63) is 35.9 Å². The Hall–Kier alpha value is -4.91. The second-order valence-corrected chi connectivity index (χ2v) is 12.8. The minimum absolute atomic E-state index is 0.0713. The highest BCUT2D eigenvalue weighted by molar-refractivity contribution is 7.98. The van der Waals surface area contributed by atoms with E-state index in [-0.39, 0.29) is 31.8 Å². The number of guanidine groups is 1. The van der Waals surface area contributed by atoms with Crippen LogP contribution in [0.2, 0.25) is 0 Å². The molecule has 0 fully saturated rings. The molecule has 0 heterocycles. The molecule has 19 heteroatoms. The molecule has 0 aliphatic heterocycles. The molecule has 5 amide bonds. The number of aliphatic imine (C=N–C) groups is 1. The molecule has 1 aromatic carbocycles. The number of nitrogens with zero attached hydrogens (tertiary/aromatic N) is 1. The van der Waals surface area contributed by atoms with E-state index in [0.717, 1.165) is 0 Å². The molecule has 0 aliphatic rings. The number of nitrogens with two attached hydrogens (primary N) is 3. The highest BCUT2D eigenvalue weighted by Gasteiger charge is 2.33. The summed E-state index contributed by atoms with van der Waals surface area (Å²) in [6.45, 7) is 3.21. The van der Waals surface area contributed by atoms with E-state index >= 15 is 0 Å². The van der Waals surface area contributed by atoms with Crippen molar-refractivity contribution in [1.29, 1.82) is 0 Å². The second kappa shape index (κ2) is 23.5. The number of nitrogens with one attached hydrogen (secondary N) is 5. The first-order valence-corrected chi connectivity index (χ1v) is 17.7. The topological polar surface area (TPSA) is 311 Å². The van der Waals surface area contributed by atoms with E-state index in [4.69, 9.17) is 22.3 Å². The van der Waals surface area contributed by atoms with Crippen molar-refractivity contribution in [2.24, 2.45) is 28.1 Å². The number of thioether (sulfide) groups is 1. The Morgan fingerprint density at radius 1 is 0.843 bits per heavy atom. The van der Waals surface area contributed by atoms with Gasteiger partial charge in [0.25, 0.3) is 0 Å². The van der Waals surface area contributed by atoms with Gasteiger partial charge in [-0.25, -0.2) is 4.79 Å². The maximum Gasteiger partial charge on any atom is 0.326 e. The molecule has 0 bridgehead atoms. The smallest absolute Gasteiger partial charge is 0.326 e. The van der Waals surface area contributed by atoms with Crippen molar-refractivity contribution in [2.45, 2.75) is 82.6 Å². The third-order valence-corrected chi connectivity index (χ3v) is 8.34. The van der Waals surface area contributed by atoms with Crippen LogP contribution in [0.1, 0.15) is 51.5 Å². The maximum atomic E-state index is 13.6. The van der Waals surface area contributed by atoms with Crippen molar-refractivity contribution >= 4 is 59.2 Å². The summed E-state index contributed by atoms with van der Waals surface area (Å²) in [6, 6.07) is 2.33. The summed E-state index contributed by atoms with van der Waals surface area (Å²) in [4.78, 5) is 92.2. The molecular weight excluding hydrogens is 686 g/mol. The average molecular weight is 738 g/mol. The highest BCUT2D eigenvalue weighted by Crippen LogP contribution is 2.11. The number of carbonyl (C=O) groups is 7. The van der Waals surface area contributed by atoms with Gasteiger partial charge in [0.1, 0.15) is 24.2 Å². The Balaban J connectivity index is 3.02. The summed E-state index contributed by atoms with van der Waals surface area (Å²) >= 11 is 1.45. The molecule has 51 heavy (non-hydrogen) atoms. The first-order valence-electron chi connectivity index (χ1n) is 16.4. The molecule has 6 atom stereocenters. The number of hydrogen-bond donors (Lipinski definition) is 10. The normalized spacial score (nSPS) is 14.3. The van der Waals surface area contributed by atoms with Crippen molar-refractivity contribution < 1.29 is 43.8 Å². The number of amides is 5. The number of carboxylic acid groups (broad SMARTS) is 2. The van der Waals surface area contributed by atoms with Crippen LogP contribution in [0.3, 0.4) is 0 Å². The van der Waals surface area contributed by atoms with Gasteiger partial charge in [-0.05, 0) is 42.8 Å². The van der Waals surface area contributed by atoms with Gasteiger partial charge in [-0.1, -0.05) is 50.6 Å². The summed E-state index contributed by atoms with van der Waals surface area (Å²) in [6.07, 6.45) is 2.24. The van der Waals surface area contributed by atoms with E-state index in [1.807, 2.05) is 6.26 Å². The van der Waals surface area contributed by atoms with Crippen LogP contribution in [0.15, 0.2) is 35.3 Å². The Labute approximate surface area is 300 Å². The first kappa shape index (κ1) is 44.1. The fourth-order valence-electron chi connectivity index (χ4n) is 4.62. The zero-order chi connectivity index (χ0) is 38.5. The molecule has 0 spiro atoms. The molecule has 1 aromatic rings. The van der Waals surface area contributed by atoms with Gasteiger partial charge in [0.2, 0.25) is 29.5 Å². The molecule has 0 saturated carbocycles. The van der Waals surface area contributed by atoms with E-state index < -0.39 is 90.6 Å². The van der Waals surface area contributed by atoms with E-state index in [9.17, 15) is 38.7 Å². The molecular formula is C32H51N9O9S. The summed E-state index contributed by atoms with van der Waals surface area (Å²) in [5, 5.41) is 30.9. The Morgan fingerprint density at radius 3 is 2.04 bits per heavy atom. The summed E-state index contributed by atoms with van der Waals surface area (Å²) in [7, 11) is 0. The zero-order valence-corrected chi connectivity index (χ0v) is 29.9. The SMILES string of the molecule is CC[C@H](C)[C@H](NC(=O)CNC(=O)[C@H](CCSC)NC(=O)[C@@H](N)CCCN=C(N)N)C(=O)N[C@@H](Cc1ccccc1)C(=O)N[C@@H](CC(=O)O)C(=O)O. The Kier molecular flexibility index (Phi) is 20.3. The van der Waals surface area contributed by atoms with Crippen molar-refractivity contribution in [3.8, 4) is 0 Å². The quantitative estimate of drug-likeness (QED) is 0.0313. The fourth-order valence-corrected chi connectivity index (χ4v) is 5.09. The molecule has 13 N–H and O–H groups in total. The van der Waals surface area contributed by atoms with E-state index in [1.165, 1.54) is 11.8 Å². The lowest BCUT2D eigenvalue weighted by Gasteiger charge is -2.27. The van der Waals surface area contributed by atoms with Gasteiger partial charge >= 0.3 is 11.9 Å². The van der Waals surface area contributed by atoms with Crippen LogP contribution in [0.5, 0.6) is 0 Å². The van der Waals surface area contributed by atoms with Crippen LogP contribution in [0, 0.1) is 5.92 Å². The number of rotatable bonds is 24. The monoisotopic (exact) mass is 737 g/mol. The Bertz CT molecular complexity index is 1360. The minimum atomic E-state index is -1.75. The number of carboxylic acids is 2. The fraction of sp³-hybridized carbons (Fsp3) is 0.562. The van der Waals surface area contributed by atoms with Gasteiger partial charge in [-0.15, -0.1) is 0 Å². The standard InChI is InChI=1S/C32H51N9O9S/c1-4-18(2)26(30(48)39-22(15-19-9-6-5-7-10-19)29(47)40-23(31(49)50)16-25(43)44)41-24(42)17-37-28(46)21(12-14-51-3)38-27(45)20(33)11-8-13-36-32(34)35/h5-7,9-10,18,20-23,26H,4,8,11-17,33H2,1-3H3,(H,37,46)(H,38,45)(H,39,48)(H,40,47)(H,41,42)(H,43,44)(H,49,50)(H4,34,35,36)/t18-,20-,21-,22-,23-,26-/m0/s1. The minimum Gasteiger partial charge on any atom is -0.481 e. The van der Waals surface area contributed by atoms with Gasteiger partial charge in [-0.2, -0.15) is 11.8 Å². The van der Waals surface area contributed by atoms with E-state index in [1.54, 1.807) is 44.2 Å². The van der Waals surface area contributed by atoms with Gasteiger partial charge in [0.05, 0.1) is 19.0 Å². The molecule has 0 aromatic heterocycles. The third-order valence-electron chi connectivity index (χ3n) is 7.69. The first-order chi connectivity index (χ1) is 24.1. The van der Waals surface area contributed by atoms with Crippen LogP contribution in [-0.4, -0.2) is 113 Å². The summed E-state index contributed by atoms with van der Waals surface area (Å²) < 4.78 is 0. The predicted octanol–water partition coefficient (Wildman–Crippen LogP) is -1.98. The van der Waals surface area contributed by atoms with Gasteiger partial charge < -0.3 is 54.0 Å². The van der Waals surface area contributed by atoms with Crippen LogP contribution < -0.4 is 43.8 Å². The lowest BCUT2D eigenvalue weighted by Crippen LogP contribution is -2.59. The molecule has 284 valence electrons. The molecule has 18 nitrogen and oxygen atoms in total. The number of benzene rings is 1. The van der Waals surface area contributed by atoms with Crippen molar-refractivity contribution in [1.82, 2.24) is 26.6 Å². The summed E-state index contributed by atoms with van der Waals surface area (Å²) in [5.74, 6) is -6.67. The largest absolute Gasteiger partial charge is 0.481 e. The van der Waals surface area contributed by atoms with Gasteiger partial charge in [-0.3, -0.25) is 33.8 Å². The van der Waals surface area contributed by atoms with Gasteiger partial charge in [0, 0.05) is 13.0 Å². The molecule has 1 rings (SSSR count). The predicted molar refractivity (Wildman–Crippen MR) is 191 cm³/mol. The molecule has 0 aliphatic carbocycles. The third kappa shape index (κ3) is 17.5. The number of carbonyl (C=O) groups excluding carboxylic acids is 5. The van der Waals surface area contributed by atoms with Crippen LogP contribution in [0.4, 0.5) is 0 Å². The van der Waals surface area contributed by atoms with Crippen LogP contribution in [-0.2, 0) is 40.0 Å².